The summed E-state index contributed by atoms with van der Waals surface area (Å²) in [5.41, 5.74) is 2.47. The van der Waals surface area contributed by atoms with Crippen molar-refractivity contribution in [1.82, 2.24) is 10.0 Å². The summed E-state index contributed by atoms with van der Waals surface area (Å²) in [7, 11) is 0. The molecule has 0 bridgehead atoms. The highest BCUT2D eigenvalue weighted by atomic mass is 32.1. The number of fused-ring (bicyclic) bond motifs is 2. The van der Waals surface area contributed by atoms with Crippen molar-refractivity contribution in [2.75, 3.05) is 18.0 Å². The summed E-state index contributed by atoms with van der Waals surface area (Å²) in [4.78, 5) is 2.30. The lowest BCUT2D eigenvalue weighted by Gasteiger charge is -2.29. The summed E-state index contributed by atoms with van der Waals surface area (Å²) in [5.74, 6) is 0. The van der Waals surface area contributed by atoms with Crippen molar-refractivity contribution in [3.8, 4) is 0 Å². The second-order valence-electron chi connectivity index (χ2n) is 6.57. The minimum Gasteiger partial charge on any atom is -0.296 e. The van der Waals surface area contributed by atoms with Gasteiger partial charge in [-0.2, -0.15) is 5.01 Å². The Kier molecular flexibility index (Phi) is 3.47. The predicted molar refractivity (Wildman–Crippen MR) is 106 cm³/mol. The van der Waals surface area contributed by atoms with Gasteiger partial charge in [-0.25, -0.2) is 0 Å². The number of thiocarbonyl (C=S) groups is 1. The molecule has 0 unspecified atom stereocenters. The molecule has 5 rings (SSSR count). The molecule has 0 saturated carbocycles. The van der Waals surface area contributed by atoms with E-state index in [2.05, 4.69) is 87.7 Å². The summed E-state index contributed by atoms with van der Waals surface area (Å²) in [6.07, 6.45) is 1.27. The van der Waals surface area contributed by atoms with E-state index in [1.54, 1.807) is 0 Å². The fourth-order valence-electron chi connectivity index (χ4n) is 4.07. The van der Waals surface area contributed by atoms with E-state index in [1.807, 2.05) is 0 Å². The van der Waals surface area contributed by atoms with E-state index in [9.17, 15) is 0 Å². The van der Waals surface area contributed by atoms with Crippen LogP contribution in [0.4, 0.5) is 5.69 Å². The molecule has 0 amide bonds. The molecule has 0 N–H and O–H groups in total. The average molecular weight is 345 g/mol. The van der Waals surface area contributed by atoms with Gasteiger partial charge in [0.2, 0.25) is 0 Å². The Bertz CT molecular complexity index is 935. The second kappa shape index (κ2) is 5.83. The molecular formula is C21H19N3S. The lowest BCUT2D eigenvalue weighted by Crippen LogP contribution is -2.32. The number of rotatable bonds is 2. The molecule has 0 spiro atoms. The Hall–Kier alpha value is -2.43. The maximum atomic E-state index is 5.87. The van der Waals surface area contributed by atoms with Crippen LogP contribution in [-0.4, -0.2) is 28.2 Å². The number of anilines is 1. The third kappa shape index (κ3) is 2.25. The molecular weight excluding hydrogens is 326 g/mol. The lowest BCUT2D eigenvalue weighted by molar-refractivity contribution is 0.0930. The molecule has 2 fully saturated rings. The normalized spacial score (nSPS) is 20.5. The van der Waals surface area contributed by atoms with Crippen LogP contribution in [0, 0.1) is 0 Å². The Labute approximate surface area is 153 Å². The van der Waals surface area contributed by atoms with Crippen LogP contribution in [-0.2, 0) is 0 Å². The van der Waals surface area contributed by atoms with E-state index in [4.69, 9.17) is 12.2 Å². The summed E-state index contributed by atoms with van der Waals surface area (Å²) in [6, 6.07) is 25.7. The number of para-hydroxylation sites is 1. The van der Waals surface area contributed by atoms with Crippen LogP contribution in [0.2, 0.25) is 0 Å². The Morgan fingerprint density at radius 1 is 0.800 bits per heavy atom. The highest BCUT2D eigenvalue weighted by Crippen LogP contribution is 2.42. The monoisotopic (exact) mass is 345 g/mol. The van der Waals surface area contributed by atoms with Crippen LogP contribution >= 0.6 is 12.2 Å². The van der Waals surface area contributed by atoms with Crippen molar-refractivity contribution >= 4 is 33.8 Å². The average Bonchev–Trinajstić information content (AvgIpc) is 3.24. The van der Waals surface area contributed by atoms with Gasteiger partial charge in [-0.05, 0) is 47.1 Å². The molecule has 2 aliphatic heterocycles. The first kappa shape index (κ1) is 14.9. The van der Waals surface area contributed by atoms with Crippen molar-refractivity contribution in [2.45, 2.75) is 12.6 Å². The number of nitrogens with zero attached hydrogens (tertiary/aromatic N) is 3. The Balaban J connectivity index is 1.72. The molecule has 2 aliphatic rings. The van der Waals surface area contributed by atoms with Crippen molar-refractivity contribution in [1.29, 1.82) is 0 Å². The maximum Gasteiger partial charge on any atom is 0.192 e. The first-order chi connectivity index (χ1) is 12.3. The van der Waals surface area contributed by atoms with Crippen molar-refractivity contribution < 1.29 is 0 Å². The van der Waals surface area contributed by atoms with E-state index in [0.29, 0.717) is 0 Å². The molecule has 1 atom stereocenters. The van der Waals surface area contributed by atoms with E-state index < -0.39 is 0 Å². The molecule has 124 valence electrons. The molecule has 0 aliphatic carbocycles. The van der Waals surface area contributed by atoms with Crippen LogP contribution in [0.25, 0.3) is 10.8 Å². The highest BCUT2D eigenvalue weighted by Gasteiger charge is 2.45. The summed E-state index contributed by atoms with van der Waals surface area (Å²) in [6.45, 7) is 2.04. The fraction of sp³-hybridized carbons (Fsp3) is 0.190. The van der Waals surface area contributed by atoms with E-state index >= 15 is 0 Å². The number of hydrogen-bond donors (Lipinski definition) is 0. The van der Waals surface area contributed by atoms with E-state index in [-0.39, 0.29) is 6.17 Å². The van der Waals surface area contributed by atoms with Gasteiger partial charge in [-0.15, -0.1) is 0 Å². The fourth-order valence-corrected chi connectivity index (χ4v) is 4.47. The Morgan fingerprint density at radius 2 is 1.56 bits per heavy atom. The minimum absolute atomic E-state index is 0.114. The Morgan fingerprint density at radius 3 is 2.44 bits per heavy atom. The van der Waals surface area contributed by atoms with Gasteiger partial charge in [0, 0.05) is 18.8 Å². The predicted octanol–water partition coefficient (Wildman–Crippen LogP) is 4.57. The van der Waals surface area contributed by atoms with E-state index in [0.717, 1.165) is 30.3 Å². The van der Waals surface area contributed by atoms with Crippen LogP contribution in [0.15, 0.2) is 72.8 Å². The number of benzene rings is 3. The van der Waals surface area contributed by atoms with Crippen LogP contribution in [0.1, 0.15) is 18.2 Å². The molecule has 25 heavy (non-hydrogen) atoms. The van der Waals surface area contributed by atoms with Crippen molar-refractivity contribution in [2.24, 2.45) is 0 Å². The topological polar surface area (TPSA) is 9.72 Å². The van der Waals surface area contributed by atoms with Crippen LogP contribution in [0.5, 0.6) is 0 Å². The molecule has 3 nitrogen and oxygen atoms in total. The molecule has 3 aromatic rings. The second-order valence-corrected chi connectivity index (χ2v) is 6.94. The first-order valence-electron chi connectivity index (χ1n) is 8.74. The van der Waals surface area contributed by atoms with Gasteiger partial charge in [0.25, 0.3) is 0 Å². The van der Waals surface area contributed by atoms with Crippen molar-refractivity contribution in [3.63, 3.8) is 0 Å². The number of hydrazine groups is 1. The van der Waals surface area contributed by atoms with Gasteiger partial charge in [0.1, 0.15) is 6.17 Å². The highest BCUT2D eigenvalue weighted by molar-refractivity contribution is 7.80. The van der Waals surface area contributed by atoms with Gasteiger partial charge in [-0.3, -0.25) is 9.91 Å². The van der Waals surface area contributed by atoms with Crippen LogP contribution in [0.3, 0.4) is 0 Å². The van der Waals surface area contributed by atoms with Crippen molar-refractivity contribution in [3.05, 3.63) is 78.4 Å². The smallest absolute Gasteiger partial charge is 0.192 e. The lowest BCUT2D eigenvalue weighted by atomic mass is 10.0. The summed E-state index contributed by atoms with van der Waals surface area (Å²) in [5, 5.41) is 8.18. The van der Waals surface area contributed by atoms with Crippen LogP contribution < -0.4 is 4.90 Å². The first-order valence-corrected chi connectivity index (χ1v) is 9.15. The molecule has 3 aromatic carbocycles. The molecule has 0 radical (unpaired) electrons. The third-order valence-electron chi connectivity index (χ3n) is 5.16. The minimum atomic E-state index is 0.114. The maximum absolute atomic E-state index is 5.87. The zero-order chi connectivity index (χ0) is 16.8. The molecule has 2 heterocycles. The van der Waals surface area contributed by atoms with Gasteiger partial charge in [-0.1, -0.05) is 60.7 Å². The van der Waals surface area contributed by atoms with E-state index in [1.165, 1.54) is 16.3 Å². The van der Waals surface area contributed by atoms with Gasteiger partial charge < -0.3 is 0 Å². The summed E-state index contributed by atoms with van der Waals surface area (Å²) < 4.78 is 0. The zero-order valence-corrected chi connectivity index (χ0v) is 14.7. The largest absolute Gasteiger partial charge is 0.296 e. The molecule has 2 saturated heterocycles. The SMILES string of the molecule is S=C1N(c2ccccc2)[C@H](c2cccc3ccccc23)N2CCCN12. The number of hydrogen-bond acceptors (Lipinski definition) is 2. The quantitative estimate of drug-likeness (QED) is 0.629. The summed E-state index contributed by atoms with van der Waals surface area (Å²) >= 11 is 5.87. The van der Waals surface area contributed by atoms with Gasteiger partial charge in [0.05, 0.1) is 0 Å². The van der Waals surface area contributed by atoms with Gasteiger partial charge >= 0.3 is 0 Å². The zero-order valence-electron chi connectivity index (χ0n) is 13.9. The standard InChI is InChI=1S/C21H19N3S/c25-21-23-15-7-14-22(23)20(24(21)17-10-2-1-3-11-17)19-13-6-9-16-8-4-5-12-18(16)19/h1-6,8-13,20H,7,14-15H2/t20-/m1/s1. The van der Waals surface area contributed by atoms with Gasteiger partial charge in [0.15, 0.2) is 5.11 Å². The third-order valence-corrected chi connectivity index (χ3v) is 5.56. The molecule has 4 heteroatoms. The molecule has 0 aromatic heterocycles.